The fraction of sp³-hybridized carbons (Fsp3) is 1.00. The first-order valence-corrected chi connectivity index (χ1v) is 8.59. The highest BCUT2D eigenvalue weighted by atomic mass is 15.2. The van der Waals surface area contributed by atoms with Crippen LogP contribution >= 0.6 is 0 Å². The van der Waals surface area contributed by atoms with E-state index < -0.39 is 0 Å². The summed E-state index contributed by atoms with van der Waals surface area (Å²) in [6.45, 7) is 12.0. The molecule has 0 bridgehead atoms. The van der Waals surface area contributed by atoms with Gasteiger partial charge >= 0.3 is 0 Å². The van der Waals surface area contributed by atoms with Gasteiger partial charge in [0.15, 0.2) is 0 Å². The molecular formula is C17H35N3. The first-order valence-electron chi connectivity index (χ1n) is 8.59. The maximum atomic E-state index is 6.37. The quantitative estimate of drug-likeness (QED) is 0.840. The molecule has 2 N–H and O–H groups in total. The van der Waals surface area contributed by atoms with E-state index >= 15 is 0 Å². The minimum atomic E-state index is 0.413. The minimum absolute atomic E-state index is 0.413. The Kier molecular flexibility index (Phi) is 5.49. The molecule has 1 aliphatic heterocycles. The summed E-state index contributed by atoms with van der Waals surface area (Å²) in [5, 5.41) is 0. The molecule has 0 aromatic rings. The van der Waals surface area contributed by atoms with Gasteiger partial charge in [-0.3, -0.25) is 4.90 Å². The number of nitrogens with two attached hydrogens (primary N) is 1. The summed E-state index contributed by atoms with van der Waals surface area (Å²) in [6.07, 6.45) is 6.54. The predicted molar refractivity (Wildman–Crippen MR) is 86.9 cm³/mol. The van der Waals surface area contributed by atoms with Crippen molar-refractivity contribution in [3.8, 4) is 0 Å². The van der Waals surface area contributed by atoms with Crippen LogP contribution in [0.1, 0.15) is 52.9 Å². The molecule has 1 heterocycles. The van der Waals surface area contributed by atoms with E-state index in [1.165, 1.54) is 58.3 Å². The highest BCUT2D eigenvalue weighted by molar-refractivity contribution is 4.89. The van der Waals surface area contributed by atoms with Crippen LogP contribution < -0.4 is 5.73 Å². The smallest absolute Gasteiger partial charge is 0.0223 e. The van der Waals surface area contributed by atoms with Crippen LogP contribution in [-0.4, -0.2) is 55.1 Å². The Morgan fingerprint density at radius 3 is 2.70 bits per heavy atom. The van der Waals surface area contributed by atoms with Crippen LogP contribution in [0, 0.1) is 11.3 Å². The summed E-state index contributed by atoms with van der Waals surface area (Å²) >= 11 is 0. The molecule has 0 radical (unpaired) electrons. The Morgan fingerprint density at radius 2 is 2.00 bits per heavy atom. The van der Waals surface area contributed by atoms with Crippen LogP contribution in [0.4, 0.5) is 0 Å². The highest BCUT2D eigenvalue weighted by Gasteiger charge is 2.34. The van der Waals surface area contributed by atoms with Gasteiger partial charge in [-0.2, -0.15) is 0 Å². The number of likely N-dealkylation sites (N-methyl/N-ethyl adjacent to an activating group) is 2. The maximum Gasteiger partial charge on any atom is 0.0223 e. The Hall–Kier alpha value is -0.120. The van der Waals surface area contributed by atoms with Gasteiger partial charge in [-0.25, -0.2) is 0 Å². The first kappa shape index (κ1) is 16.3. The van der Waals surface area contributed by atoms with Gasteiger partial charge in [-0.1, -0.05) is 20.8 Å². The third kappa shape index (κ3) is 4.19. The number of rotatable bonds is 5. The lowest BCUT2D eigenvalue weighted by Crippen LogP contribution is -2.46. The Bertz CT molecular complexity index is 303. The molecule has 118 valence electrons. The van der Waals surface area contributed by atoms with Gasteiger partial charge in [-0.05, 0) is 63.6 Å². The highest BCUT2D eigenvalue weighted by Crippen LogP contribution is 2.38. The lowest BCUT2D eigenvalue weighted by atomic mass is 9.70. The monoisotopic (exact) mass is 281 g/mol. The summed E-state index contributed by atoms with van der Waals surface area (Å²) in [6, 6.07) is 1.19. The molecule has 3 heteroatoms. The summed E-state index contributed by atoms with van der Waals surface area (Å²) in [7, 11) is 2.29. The van der Waals surface area contributed by atoms with Crippen molar-refractivity contribution in [1.82, 2.24) is 9.80 Å². The van der Waals surface area contributed by atoms with Gasteiger partial charge in [0, 0.05) is 25.2 Å². The topological polar surface area (TPSA) is 32.5 Å². The van der Waals surface area contributed by atoms with Crippen molar-refractivity contribution >= 4 is 0 Å². The zero-order chi connectivity index (χ0) is 14.8. The molecule has 0 aromatic carbocycles. The predicted octanol–water partition coefficient (Wildman–Crippen LogP) is 2.56. The largest absolute Gasteiger partial charge is 0.327 e. The van der Waals surface area contributed by atoms with Gasteiger partial charge in [0.1, 0.15) is 0 Å². The molecule has 2 rings (SSSR count). The number of hydrogen-bond acceptors (Lipinski definition) is 3. The maximum absolute atomic E-state index is 6.37. The second kappa shape index (κ2) is 6.76. The standard InChI is InChI=1S/C17H35N3/c1-5-20-10-6-7-15(20)13-19(4)12-14-11-17(2,3)9-8-16(14)18/h14-16H,5-13,18H2,1-4H3. The van der Waals surface area contributed by atoms with Gasteiger partial charge in [0.25, 0.3) is 0 Å². The molecule has 3 nitrogen and oxygen atoms in total. The fourth-order valence-electron chi connectivity index (χ4n) is 4.31. The Morgan fingerprint density at radius 1 is 1.25 bits per heavy atom. The molecule has 20 heavy (non-hydrogen) atoms. The van der Waals surface area contributed by atoms with E-state index in [1.54, 1.807) is 0 Å². The van der Waals surface area contributed by atoms with Crippen LogP contribution in [-0.2, 0) is 0 Å². The van der Waals surface area contributed by atoms with Crippen molar-refractivity contribution in [3.05, 3.63) is 0 Å². The van der Waals surface area contributed by atoms with Crippen molar-refractivity contribution in [2.75, 3.05) is 33.2 Å². The second-order valence-corrected chi connectivity index (χ2v) is 7.98. The number of likely N-dealkylation sites (tertiary alicyclic amines) is 1. The van der Waals surface area contributed by atoms with Crippen LogP contribution in [0.25, 0.3) is 0 Å². The molecule has 3 unspecified atom stereocenters. The molecule has 0 amide bonds. The van der Waals surface area contributed by atoms with Crippen LogP contribution in [0.2, 0.25) is 0 Å². The normalized spacial score (nSPS) is 34.8. The SMILES string of the molecule is CCN1CCCC1CN(C)CC1CC(C)(C)CCC1N. The van der Waals surface area contributed by atoms with E-state index in [1.807, 2.05) is 0 Å². The average Bonchev–Trinajstić information content (AvgIpc) is 2.80. The van der Waals surface area contributed by atoms with Crippen molar-refractivity contribution in [3.63, 3.8) is 0 Å². The summed E-state index contributed by atoms with van der Waals surface area (Å²) in [5.74, 6) is 0.681. The van der Waals surface area contributed by atoms with Gasteiger partial charge in [0.2, 0.25) is 0 Å². The van der Waals surface area contributed by atoms with Crippen molar-refractivity contribution < 1.29 is 0 Å². The molecular weight excluding hydrogens is 246 g/mol. The third-order valence-electron chi connectivity index (χ3n) is 5.55. The van der Waals surface area contributed by atoms with Gasteiger partial charge in [-0.15, -0.1) is 0 Å². The molecule has 1 saturated carbocycles. The van der Waals surface area contributed by atoms with Gasteiger partial charge < -0.3 is 10.6 Å². The third-order valence-corrected chi connectivity index (χ3v) is 5.55. The Balaban J connectivity index is 1.82. The summed E-state index contributed by atoms with van der Waals surface area (Å²) in [5.41, 5.74) is 6.86. The average molecular weight is 281 g/mol. The molecule has 3 atom stereocenters. The zero-order valence-electron chi connectivity index (χ0n) is 14.1. The summed E-state index contributed by atoms with van der Waals surface area (Å²) in [4.78, 5) is 5.19. The molecule has 1 saturated heterocycles. The number of nitrogens with zero attached hydrogens (tertiary/aromatic N) is 2. The number of hydrogen-bond donors (Lipinski definition) is 1. The van der Waals surface area contributed by atoms with E-state index in [2.05, 4.69) is 37.6 Å². The summed E-state index contributed by atoms with van der Waals surface area (Å²) < 4.78 is 0. The van der Waals surface area contributed by atoms with Gasteiger partial charge in [0.05, 0.1) is 0 Å². The van der Waals surface area contributed by atoms with Crippen molar-refractivity contribution in [2.45, 2.75) is 65.0 Å². The van der Waals surface area contributed by atoms with E-state index in [9.17, 15) is 0 Å². The van der Waals surface area contributed by atoms with Crippen LogP contribution in [0.3, 0.4) is 0 Å². The van der Waals surface area contributed by atoms with E-state index in [4.69, 9.17) is 5.73 Å². The van der Waals surface area contributed by atoms with E-state index in [0.29, 0.717) is 17.4 Å². The minimum Gasteiger partial charge on any atom is -0.327 e. The second-order valence-electron chi connectivity index (χ2n) is 7.98. The van der Waals surface area contributed by atoms with Crippen LogP contribution in [0.5, 0.6) is 0 Å². The van der Waals surface area contributed by atoms with Crippen molar-refractivity contribution in [2.24, 2.45) is 17.1 Å². The molecule has 1 aliphatic carbocycles. The van der Waals surface area contributed by atoms with Crippen LogP contribution in [0.15, 0.2) is 0 Å². The van der Waals surface area contributed by atoms with E-state index in [0.717, 1.165) is 6.04 Å². The first-order chi connectivity index (χ1) is 9.41. The molecule has 2 fully saturated rings. The Labute approximate surface area is 125 Å². The molecule has 0 aromatic heterocycles. The lowest BCUT2D eigenvalue weighted by molar-refractivity contribution is 0.111. The molecule has 0 spiro atoms. The zero-order valence-corrected chi connectivity index (χ0v) is 14.1. The fourth-order valence-corrected chi connectivity index (χ4v) is 4.31. The van der Waals surface area contributed by atoms with E-state index in [-0.39, 0.29) is 0 Å². The lowest BCUT2D eigenvalue weighted by Gasteiger charge is -2.41. The van der Waals surface area contributed by atoms with Crippen molar-refractivity contribution in [1.29, 1.82) is 0 Å². The molecule has 2 aliphatic rings.